The van der Waals surface area contributed by atoms with Crippen molar-refractivity contribution in [2.24, 2.45) is 5.73 Å². The minimum atomic E-state index is -4.18. The molecule has 0 aliphatic carbocycles. The minimum Gasteiger partial charge on any atom is -0.452 e. The van der Waals surface area contributed by atoms with Gasteiger partial charge in [-0.1, -0.05) is 11.6 Å². The lowest BCUT2D eigenvalue weighted by atomic mass is 10.3. The number of benzene rings is 1. The van der Waals surface area contributed by atoms with E-state index in [2.05, 4.69) is 15.9 Å². The van der Waals surface area contributed by atoms with Gasteiger partial charge in [0.05, 0.1) is 11.6 Å². The van der Waals surface area contributed by atoms with Crippen LogP contribution in [0.25, 0.3) is 0 Å². The molecule has 0 aliphatic heterocycles. The van der Waals surface area contributed by atoms with Crippen LogP contribution in [0.1, 0.15) is 5.76 Å². The fourth-order valence-corrected chi connectivity index (χ4v) is 3.90. The van der Waals surface area contributed by atoms with Gasteiger partial charge in [0.2, 0.25) is 0 Å². The van der Waals surface area contributed by atoms with Crippen molar-refractivity contribution in [3.05, 3.63) is 45.3 Å². The summed E-state index contributed by atoms with van der Waals surface area (Å²) in [5.41, 5.74) is 4.79. The van der Waals surface area contributed by atoms with E-state index < -0.39 is 32.4 Å². The van der Waals surface area contributed by atoms with E-state index in [1.54, 1.807) is 0 Å². The van der Waals surface area contributed by atoms with Gasteiger partial charge in [-0.05, 0) is 22.0 Å². The SMILES string of the molecule is NCc1cc(S(=O)(=O)Nc2c(F)cc(F)cc2Cl)c(Br)o1. The number of sulfonamides is 1. The number of halogens is 4. The Labute approximate surface area is 132 Å². The number of nitrogens with one attached hydrogen (secondary N) is 1. The van der Waals surface area contributed by atoms with Gasteiger partial charge in [-0.2, -0.15) is 0 Å². The average molecular weight is 402 g/mol. The number of nitrogens with two attached hydrogens (primary N) is 1. The van der Waals surface area contributed by atoms with Gasteiger partial charge in [-0.15, -0.1) is 0 Å². The van der Waals surface area contributed by atoms with Crippen molar-refractivity contribution in [1.82, 2.24) is 0 Å². The van der Waals surface area contributed by atoms with E-state index >= 15 is 0 Å². The first-order chi connectivity index (χ1) is 9.74. The Morgan fingerprint density at radius 3 is 2.52 bits per heavy atom. The van der Waals surface area contributed by atoms with Gasteiger partial charge < -0.3 is 10.2 Å². The largest absolute Gasteiger partial charge is 0.452 e. The van der Waals surface area contributed by atoms with Crippen LogP contribution < -0.4 is 10.5 Å². The van der Waals surface area contributed by atoms with Gasteiger partial charge in [0.15, 0.2) is 10.5 Å². The molecule has 0 radical (unpaired) electrons. The van der Waals surface area contributed by atoms with E-state index in [0.717, 1.165) is 6.07 Å². The maximum absolute atomic E-state index is 13.6. The number of rotatable bonds is 4. The summed E-state index contributed by atoms with van der Waals surface area (Å²) in [6, 6.07) is 2.49. The molecule has 0 unspecified atom stereocenters. The molecule has 114 valence electrons. The molecule has 0 aliphatic rings. The normalized spacial score (nSPS) is 11.7. The van der Waals surface area contributed by atoms with E-state index in [9.17, 15) is 17.2 Å². The molecule has 1 heterocycles. The van der Waals surface area contributed by atoms with Gasteiger partial charge in [-0.25, -0.2) is 17.2 Å². The second-order valence-corrected chi connectivity index (χ2v) is 6.68. The van der Waals surface area contributed by atoms with E-state index in [1.165, 1.54) is 6.07 Å². The summed E-state index contributed by atoms with van der Waals surface area (Å²) in [5, 5.41) is -0.408. The predicted octanol–water partition coefficient (Wildman–Crippen LogP) is 3.23. The lowest BCUT2D eigenvalue weighted by Crippen LogP contribution is -2.14. The van der Waals surface area contributed by atoms with Crippen molar-refractivity contribution < 1.29 is 21.6 Å². The molecule has 3 N–H and O–H groups in total. The highest BCUT2D eigenvalue weighted by atomic mass is 79.9. The maximum Gasteiger partial charge on any atom is 0.266 e. The molecular weight excluding hydrogens is 394 g/mol. The highest BCUT2D eigenvalue weighted by Gasteiger charge is 2.25. The Balaban J connectivity index is 2.44. The number of hydrogen-bond donors (Lipinski definition) is 2. The first-order valence-corrected chi connectivity index (χ1v) is 8.05. The quantitative estimate of drug-likeness (QED) is 0.824. The van der Waals surface area contributed by atoms with Crippen molar-refractivity contribution in [1.29, 1.82) is 0 Å². The fraction of sp³-hybridized carbons (Fsp3) is 0.0909. The zero-order valence-electron chi connectivity index (χ0n) is 10.2. The van der Waals surface area contributed by atoms with Gasteiger partial charge in [0, 0.05) is 12.1 Å². The van der Waals surface area contributed by atoms with Crippen LogP contribution in [-0.4, -0.2) is 8.42 Å². The number of anilines is 1. The predicted molar refractivity (Wildman–Crippen MR) is 76.5 cm³/mol. The zero-order chi connectivity index (χ0) is 15.8. The van der Waals surface area contributed by atoms with Crippen LogP contribution in [0.5, 0.6) is 0 Å². The van der Waals surface area contributed by atoms with Crippen LogP contribution in [0.3, 0.4) is 0 Å². The maximum atomic E-state index is 13.6. The summed E-state index contributed by atoms with van der Waals surface area (Å²) in [6.07, 6.45) is 0. The first-order valence-electron chi connectivity index (χ1n) is 5.40. The van der Waals surface area contributed by atoms with Crippen molar-refractivity contribution in [2.75, 3.05) is 4.72 Å². The molecule has 0 amide bonds. The van der Waals surface area contributed by atoms with Crippen LogP contribution in [0.4, 0.5) is 14.5 Å². The smallest absolute Gasteiger partial charge is 0.266 e. The molecule has 0 spiro atoms. The minimum absolute atomic E-state index is 0.0141. The van der Waals surface area contributed by atoms with Gasteiger partial charge in [0.25, 0.3) is 10.0 Å². The Kier molecular flexibility index (Phi) is 4.57. The highest BCUT2D eigenvalue weighted by molar-refractivity contribution is 9.10. The third kappa shape index (κ3) is 3.37. The van der Waals surface area contributed by atoms with E-state index in [1.807, 2.05) is 4.72 Å². The molecular formula is C11H8BrClF2N2O3S. The fourth-order valence-electron chi connectivity index (χ4n) is 1.51. The molecule has 1 aromatic heterocycles. The van der Waals surface area contributed by atoms with Crippen LogP contribution in [0.15, 0.2) is 32.2 Å². The number of furan rings is 1. The molecule has 21 heavy (non-hydrogen) atoms. The lowest BCUT2D eigenvalue weighted by molar-refractivity contribution is 0.484. The first kappa shape index (κ1) is 16.2. The van der Waals surface area contributed by atoms with Crippen LogP contribution in [0, 0.1) is 11.6 Å². The lowest BCUT2D eigenvalue weighted by Gasteiger charge is -2.09. The van der Waals surface area contributed by atoms with Crippen molar-refractivity contribution >= 4 is 43.2 Å². The van der Waals surface area contributed by atoms with E-state index in [-0.39, 0.29) is 21.9 Å². The molecule has 0 saturated heterocycles. The molecule has 0 saturated carbocycles. The molecule has 0 fully saturated rings. The highest BCUT2D eigenvalue weighted by Crippen LogP contribution is 2.32. The standard InChI is InChI=1S/C11H8BrClF2N2O3S/c12-11-9(3-6(4-16)20-11)21(18,19)17-10-7(13)1-5(14)2-8(10)15/h1-3,17H,4,16H2. The third-order valence-corrected chi connectivity index (χ3v) is 4.95. The summed E-state index contributed by atoms with van der Waals surface area (Å²) < 4.78 is 57.8. The summed E-state index contributed by atoms with van der Waals surface area (Å²) >= 11 is 8.57. The average Bonchev–Trinajstić information content (AvgIpc) is 2.76. The molecule has 0 bridgehead atoms. The molecule has 2 aromatic rings. The topological polar surface area (TPSA) is 85.3 Å². The summed E-state index contributed by atoms with van der Waals surface area (Å²) in [6.45, 7) is -0.0141. The van der Waals surface area contributed by atoms with Gasteiger partial charge >= 0.3 is 0 Å². The zero-order valence-corrected chi connectivity index (χ0v) is 13.3. The molecule has 0 atom stereocenters. The summed E-state index contributed by atoms with van der Waals surface area (Å²) in [5.74, 6) is -1.84. The third-order valence-electron chi connectivity index (χ3n) is 2.44. The molecule has 5 nitrogen and oxygen atoms in total. The Hall–Kier alpha value is -1.16. The summed E-state index contributed by atoms with van der Waals surface area (Å²) in [4.78, 5) is -0.275. The van der Waals surface area contributed by atoms with Crippen molar-refractivity contribution in [3.63, 3.8) is 0 Å². The summed E-state index contributed by atoms with van der Waals surface area (Å²) in [7, 11) is -4.18. The second kappa shape index (κ2) is 5.91. The number of hydrogen-bond acceptors (Lipinski definition) is 4. The van der Waals surface area contributed by atoms with Crippen LogP contribution in [-0.2, 0) is 16.6 Å². The van der Waals surface area contributed by atoms with Crippen LogP contribution >= 0.6 is 27.5 Å². The molecule has 10 heteroatoms. The Morgan fingerprint density at radius 2 is 2.00 bits per heavy atom. The monoisotopic (exact) mass is 400 g/mol. The Bertz CT molecular complexity index is 772. The Morgan fingerprint density at radius 1 is 1.33 bits per heavy atom. The van der Waals surface area contributed by atoms with Gasteiger partial charge in [0.1, 0.15) is 22.2 Å². The van der Waals surface area contributed by atoms with Crippen LogP contribution in [0.2, 0.25) is 5.02 Å². The van der Waals surface area contributed by atoms with E-state index in [0.29, 0.717) is 6.07 Å². The van der Waals surface area contributed by atoms with Crippen molar-refractivity contribution in [3.8, 4) is 0 Å². The van der Waals surface area contributed by atoms with Crippen molar-refractivity contribution in [2.45, 2.75) is 11.4 Å². The van der Waals surface area contributed by atoms with Gasteiger partial charge in [-0.3, -0.25) is 4.72 Å². The van der Waals surface area contributed by atoms with E-state index in [4.69, 9.17) is 21.8 Å². The second-order valence-electron chi connectivity index (χ2n) is 3.90. The molecule has 1 aromatic carbocycles. The molecule has 2 rings (SSSR count).